The Morgan fingerprint density at radius 1 is 1.00 bits per heavy atom. The van der Waals surface area contributed by atoms with Gasteiger partial charge in [0.15, 0.2) is 0 Å². The molecule has 0 atom stereocenters. The summed E-state index contributed by atoms with van der Waals surface area (Å²) in [6.45, 7) is 7.93. The second-order valence-corrected chi connectivity index (χ2v) is 5.36. The maximum atomic E-state index is 6.01. The van der Waals surface area contributed by atoms with E-state index in [1.165, 1.54) is 0 Å². The zero-order valence-electron chi connectivity index (χ0n) is 14.2. The lowest BCUT2D eigenvalue weighted by atomic mass is 10.0. The molecule has 0 amide bonds. The van der Waals surface area contributed by atoms with Gasteiger partial charge in [-0.05, 0) is 42.9 Å². The summed E-state index contributed by atoms with van der Waals surface area (Å²) in [4.78, 5) is 2.33. The molecular weight excluding hydrogens is 288 g/mol. The maximum absolute atomic E-state index is 6.01. The molecule has 0 heterocycles. The van der Waals surface area contributed by atoms with E-state index in [0.717, 1.165) is 42.3 Å². The van der Waals surface area contributed by atoms with Crippen molar-refractivity contribution in [1.82, 2.24) is 4.90 Å². The minimum Gasteiger partial charge on any atom is -0.497 e. The Morgan fingerprint density at radius 2 is 1.70 bits per heavy atom. The fourth-order valence-electron chi connectivity index (χ4n) is 2.49. The van der Waals surface area contributed by atoms with Crippen LogP contribution in [0.15, 0.2) is 42.5 Å². The number of nitrogens with zero attached hydrogens (tertiary/aromatic N) is 1. The van der Waals surface area contributed by atoms with Gasteiger partial charge in [-0.1, -0.05) is 26.0 Å². The van der Waals surface area contributed by atoms with Gasteiger partial charge in [-0.15, -0.1) is 0 Å². The number of rotatable bonds is 8. The number of hydrogen-bond donors (Lipinski definition) is 1. The van der Waals surface area contributed by atoms with Crippen LogP contribution in [0.25, 0.3) is 11.1 Å². The largest absolute Gasteiger partial charge is 0.497 e. The molecule has 124 valence electrons. The molecule has 0 saturated carbocycles. The van der Waals surface area contributed by atoms with Crippen LogP contribution in [0.2, 0.25) is 0 Å². The van der Waals surface area contributed by atoms with Crippen molar-refractivity contribution < 1.29 is 9.47 Å². The summed E-state index contributed by atoms with van der Waals surface area (Å²) in [7, 11) is 1.67. The quantitative estimate of drug-likeness (QED) is 0.755. The van der Waals surface area contributed by atoms with Crippen LogP contribution in [0, 0.1) is 0 Å². The van der Waals surface area contributed by atoms with Gasteiger partial charge in [-0.2, -0.15) is 0 Å². The lowest BCUT2D eigenvalue weighted by Gasteiger charge is -2.19. The fraction of sp³-hybridized carbons (Fsp3) is 0.368. The highest BCUT2D eigenvalue weighted by Crippen LogP contribution is 2.32. The third-order valence-corrected chi connectivity index (χ3v) is 3.97. The number of ether oxygens (including phenoxy) is 2. The number of nitrogens with two attached hydrogens (primary N) is 1. The molecule has 4 nitrogen and oxygen atoms in total. The zero-order valence-corrected chi connectivity index (χ0v) is 14.2. The van der Waals surface area contributed by atoms with Crippen LogP contribution >= 0.6 is 0 Å². The Balaban J connectivity index is 2.16. The third-order valence-electron chi connectivity index (χ3n) is 3.97. The van der Waals surface area contributed by atoms with Crippen molar-refractivity contribution in [1.29, 1.82) is 0 Å². The van der Waals surface area contributed by atoms with E-state index in [9.17, 15) is 0 Å². The van der Waals surface area contributed by atoms with Gasteiger partial charge >= 0.3 is 0 Å². The van der Waals surface area contributed by atoms with Gasteiger partial charge in [0.25, 0.3) is 0 Å². The molecule has 2 rings (SSSR count). The van der Waals surface area contributed by atoms with Crippen LogP contribution in [0.3, 0.4) is 0 Å². The highest BCUT2D eigenvalue weighted by molar-refractivity contribution is 5.73. The third kappa shape index (κ3) is 4.63. The number of benzene rings is 2. The first-order valence-electron chi connectivity index (χ1n) is 8.07. The molecule has 0 aliphatic rings. The summed E-state index contributed by atoms with van der Waals surface area (Å²) < 4.78 is 11.2. The van der Waals surface area contributed by atoms with Crippen LogP contribution in [-0.2, 0) is 0 Å². The molecule has 0 spiro atoms. The number of methoxy groups -OCH3 is 1. The predicted molar refractivity (Wildman–Crippen MR) is 96.1 cm³/mol. The van der Waals surface area contributed by atoms with Crippen LogP contribution in [0.5, 0.6) is 11.5 Å². The number of nitrogen functional groups attached to an aromatic ring is 1. The first-order valence-corrected chi connectivity index (χ1v) is 8.07. The summed E-state index contributed by atoms with van der Waals surface area (Å²) in [6, 6.07) is 13.8. The normalized spacial score (nSPS) is 10.8. The average Bonchev–Trinajstić information content (AvgIpc) is 2.59. The van der Waals surface area contributed by atoms with Crippen molar-refractivity contribution in [2.75, 3.05) is 39.1 Å². The van der Waals surface area contributed by atoms with E-state index < -0.39 is 0 Å². The Labute approximate surface area is 138 Å². The molecule has 23 heavy (non-hydrogen) atoms. The van der Waals surface area contributed by atoms with Crippen molar-refractivity contribution in [3.63, 3.8) is 0 Å². The lowest BCUT2D eigenvalue weighted by Crippen LogP contribution is -2.28. The SMILES string of the molecule is CCN(CC)CCOc1cc(N)ccc1-c1ccc(OC)cc1. The van der Waals surface area contributed by atoms with Gasteiger partial charge in [0.2, 0.25) is 0 Å². The molecule has 4 heteroatoms. The van der Waals surface area contributed by atoms with E-state index in [1.54, 1.807) is 7.11 Å². The van der Waals surface area contributed by atoms with Crippen LogP contribution < -0.4 is 15.2 Å². The molecule has 0 bridgehead atoms. The van der Waals surface area contributed by atoms with E-state index in [-0.39, 0.29) is 0 Å². The monoisotopic (exact) mass is 314 g/mol. The van der Waals surface area contributed by atoms with Gasteiger partial charge < -0.3 is 20.1 Å². The lowest BCUT2D eigenvalue weighted by molar-refractivity contribution is 0.223. The molecule has 0 fully saturated rings. The molecule has 0 aliphatic carbocycles. The van der Waals surface area contributed by atoms with Gasteiger partial charge in [-0.3, -0.25) is 0 Å². The van der Waals surface area contributed by atoms with Crippen LogP contribution in [0.1, 0.15) is 13.8 Å². The highest BCUT2D eigenvalue weighted by atomic mass is 16.5. The highest BCUT2D eigenvalue weighted by Gasteiger charge is 2.08. The molecule has 2 aromatic carbocycles. The Hall–Kier alpha value is -2.20. The molecule has 0 saturated heterocycles. The van der Waals surface area contributed by atoms with Gasteiger partial charge in [-0.25, -0.2) is 0 Å². The molecule has 2 N–H and O–H groups in total. The van der Waals surface area contributed by atoms with Crippen LogP contribution in [-0.4, -0.2) is 38.3 Å². The molecule has 0 aliphatic heterocycles. The number of anilines is 1. The predicted octanol–water partition coefficient (Wildman–Crippen LogP) is 3.67. The summed E-state index contributed by atoms with van der Waals surface area (Å²) >= 11 is 0. The van der Waals surface area contributed by atoms with Crippen molar-refractivity contribution in [3.8, 4) is 22.6 Å². The molecule has 2 aromatic rings. The van der Waals surface area contributed by atoms with E-state index in [4.69, 9.17) is 15.2 Å². The second kappa shape index (κ2) is 8.44. The van der Waals surface area contributed by atoms with Gasteiger partial charge in [0.1, 0.15) is 18.1 Å². The Kier molecular flexibility index (Phi) is 6.29. The molecule has 0 radical (unpaired) electrons. The smallest absolute Gasteiger partial charge is 0.129 e. The van der Waals surface area contributed by atoms with E-state index in [1.807, 2.05) is 42.5 Å². The molecular formula is C19H26N2O2. The fourth-order valence-corrected chi connectivity index (χ4v) is 2.49. The number of hydrogen-bond acceptors (Lipinski definition) is 4. The van der Waals surface area contributed by atoms with Gasteiger partial charge in [0, 0.05) is 23.9 Å². The first kappa shape index (κ1) is 17.2. The van der Waals surface area contributed by atoms with Crippen molar-refractivity contribution >= 4 is 5.69 Å². The van der Waals surface area contributed by atoms with E-state index in [2.05, 4.69) is 18.7 Å². The summed E-state index contributed by atoms with van der Waals surface area (Å²) in [5.41, 5.74) is 8.76. The Morgan fingerprint density at radius 3 is 2.30 bits per heavy atom. The molecule has 0 aromatic heterocycles. The summed E-state index contributed by atoms with van der Waals surface area (Å²) in [5, 5.41) is 0. The molecule has 0 unspecified atom stereocenters. The van der Waals surface area contributed by atoms with Crippen LogP contribution in [0.4, 0.5) is 5.69 Å². The first-order chi connectivity index (χ1) is 11.2. The second-order valence-electron chi connectivity index (χ2n) is 5.36. The minimum absolute atomic E-state index is 0.647. The van der Waals surface area contributed by atoms with Gasteiger partial charge in [0.05, 0.1) is 7.11 Å². The number of likely N-dealkylation sites (N-methyl/N-ethyl adjacent to an activating group) is 1. The summed E-state index contributed by atoms with van der Waals surface area (Å²) in [5.74, 6) is 1.66. The van der Waals surface area contributed by atoms with E-state index >= 15 is 0 Å². The Bertz CT molecular complexity index is 607. The van der Waals surface area contributed by atoms with Crippen molar-refractivity contribution in [2.24, 2.45) is 0 Å². The van der Waals surface area contributed by atoms with E-state index in [0.29, 0.717) is 12.3 Å². The standard InChI is InChI=1S/C19H26N2O2/c1-4-21(5-2)12-13-23-19-14-16(20)8-11-18(19)15-6-9-17(22-3)10-7-15/h6-11,14H,4-5,12-13,20H2,1-3H3. The summed E-state index contributed by atoms with van der Waals surface area (Å²) in [6.07, 6.45) is 0. The minimum atomic E-state index is 0.647. The van der Waals surface area contributed by atoms with Crippen molar-refractivity contribution in [3.05, 3.63) is 42.5 Å². The average molecular weight is 314 g/mol. The topological polar surface area (TPSA) is 47.7 Å². The zero-order chi connectivity index (χ0) is 16.7. The maximum Gasteiger partial charge on any atom is 0.129 e. The van der Waals surface area contributed by atoms with Crippen molar-refractivity contribution in [2.45, 2.75) is 13.8 Å².